The highest BCUT2D eigenvalue weighted by atomic mass is 35.5. The fourth-order valence-electron chi connectivity index (χ4n) is 6.32. The molecule has 5 rings (SSSR count). The first-order chi connectivity index (χ1) is 19.2. The second-order valence-corrected chi connectivity index (χ2v) is 13.2. The minimum absolute atomic E-state index is 0.00225. The van der Waals surface area contributed by atoms with Gasteiger partial charge in [0.2, 0.25) is 10.0 Å². The summed E-state index contributed by atoms with van der Waals surface area (Å²) >= 11 is 5.99. The van der Waals surface area contributed by atoms with Gasteiger partial charge in [-0.1, -0.05) is 24.1 Å². The molecule has 2 aromatic carbocycles. The van der Waals surface area contributed by atoms with Gasteiger partial charge in [-0.05, 0) is 88.4 Å². The van der Waals surface area contributed by atoms with Crippen molar-refractivity contribution in [2.75, 3.05) is 32.8 Å². The number of rotatable bonds is 6. The summed E-state index contributed by atoms with van der Waals surface area (Å²) < 4.78 is 63.4. The first kappa shape index (κ1) is 29.2. The first-order valence-corrected chi connectivity index (χ1v) is 16.0. The summed E-state index contributed by atoms with van der Waals surface area (Å²) in [6.07, 6.45) is 6.43. The van der Waals surface area contributed by atoms with E-state index in [1.165, 1.54) is 53.9 Å². The molecule has 11 heteroatoms. The monoisotopic (exact) mass is 595 g/mol. The number of amides is 1. The predicted molar refractivity (Wildman–Crippen MR) is 149 cm³/mol. The zero-order chi connectivity index (χ0) is 28.3. The highest BCUT2D eigenvalue weighted by Crippen LogP contribution is 2.40. The number of benzene rings is 2. The average molecular weight is 596 g/mol. The molecule has 0 radical (unpaired) electrons. The zero-order valence-electron chi connectivity index (χ0n) is 22.5. The van der Waals surface area contributed by atoms with Gasteiger partial charge in [0, 0.05) is 35.8 Å². The van der Waals surface area contributed by atoms with E-state index in [1.807, 2.05) is 0 Å². The Morgan fingerprint density at radius 1 is 0.900 bits per heavy atom. The molecule has 7 nitrogen and oxygen atoms in total. The number of sulfonamides is 1. The van der Waals surface area contributed by atoms with Gasteiger partial charge in [-0.25, -0.2) is 22.0 Å². The quantitative estimate of drug-likeness (QED) is 0.410. The lowest BCUT2D eigenvalue weighted by Crippen LogP contribution is -2.50. The van der Waals surface area contributed by atoms with Crippen molar-refractivity contribution in [3.63, 3.8) is 0 Å². The molecule has 0 N–H and O–H groups in total. The molecule has 0 unspecified atom stereocenters. The lowest BCUT2D eigenvalue weighted by atomic mass is 9.93. The maximum absolute atomic E-state index is 14.9. The maximum Gasteiger partial charge on any atom is 0.409 e. The largest absolute Gasteiger partial charge is 0.448 e. The fraction of sp³-hybridized carbons (Fsp3) is 0.552. The maximum atomic E-state index is 14.9. The number of hydrogen-bond donors (Lipinski definition) is 0. The molecule has 3 saturated heterocycles. The van der Waals surface area contributed by atoms with Crippen LogP contribution >= 0.6 is 11.6 Å². The van der Waals surface area contributed by atoms with Crippen molar-refractivity contribution >= 4 is 27.7 Å². The summed E-state index contributed by atoms with van der Waals surface area (Å²) in [5, 5.41) is 0.383. The number of carbonyl (C=O) groups is 1. The molecule has 40 heavy (non-hydrogen) atoms. The van der Waals surface area contributed by atoms with Crippen molar-refractivity contribution in [1.82, 2.24) is 14.1 Å². The van der Waals surface area contributed by atoms with Crippen LogP contribution in [0.4, 0.5) is 13.6 Å². The lowest BCUT2D eigenvalue weighted by molar-refractivity contribution is 0.0446. The highest BCUT2D eigenvalue weighted by Gasteiger charge is 2.42. The van der Waals surface area contributed by atoms with Crippen molar-refractivity contribution in [2.24, 2.45) is 0 Å². The topological polar surface area (TPSA) is 70.2 Å². The Labute approximate surface area is 240 Å². The van der Waals surface area contributed by atoms with Gasteiger partial charge in [-0.2, -0.15) is 4.31 Å². The Bertz CT molecular complexity index is 1280. The number of nitrogens with zero attached hydrogens (tertiary/aromatic N) is 3. The van der Waals surface area contributed by atoms with E-state index in [0.717, 1.165) is 38.1 Å². The van der Waals surface area contributed by atoms with Gasteiger partial charge < -0.3 is 14.5 Å². The van der Waals surface area contributed by atoms with Crippen LogP contribution in [-0.2, 0) is 14.8 Å². The van der Waals surface area contributed by atoms with Gasteiger partial charge in [0.25, 0.3) is 0 Å². The first-order valence-electron chi connectivity index (χ1n) is 14.1. The van der Waals surface area contributed by atoms with Crippen LogP contribution < -0.4 is 0 Å². The van der Waals surface area contributed by atoms with Crippen molar-refractivity contribution in [3.05, 3.63) is 64.7 Å². The van der Waals surface area contributed by atoms with Gasteiger partial charge in [0.05, 0.1) is 17.0 Å². The average Bonchev–Trinajstić information content (AvgIpc) is 2.96. The zero-order valence-corrected chi connectivity index (χ0v) is 24.1. The van der Waals surface area contributed by atoms with E-state index >= 15 is 0 Å². The van der Waals surface area contributed by atoms with E-state index < -0.39 is 39.8 Å². The Morgan fingerprint density at radius 2 is 1.60 bits per heavy atom. The van der Waals surface area contributed by atoms with E-state index in [4.69, 9.17) is 16.3 Å². The summed E-state index contributed by atoms with van der Waals surface area (Å²) in [6.45, 7) is 3.27. The lowest BCUT2D eigenvalue weighted by Gasteiger charge is -2.42. The third-order valence-electron chi connectivity index (χ3n) is 8.42. The Morgan fingerprint density at radius 3 is 2.27 bits per heavy atom. The van der Waals surface area contributed by atoms with E-state index in [-0.39, 0.29) is 17.1 Å². The molecule has 1 amide bonds. The van der Waals surface area contributed by atoms with Gasteiger partial charge >= 0.3 is 6.09 Å². The molecule has 2 aromatic rings. The third-order valence-corrected chi connectivity index (χ3v) is 10.6. The van der Waals surface area contributed by atoms with Gasteiger partial charge in [-0.15, -0.1) is 0 Å². The summed E-state index contributed by atoms with van der Waals surface area (Å²) in [7, 11) is -4.14. The highest BCUT2D eigenvalue weighted by molar-refractivity contribution is 7.89. The van der Waals surface area contributed by atoms with E-state index in [0.29, 0.717) is 43.4 Å². The van der Waals surface area contributed by atoms with Gasteiger partial charge in [-0.3, -0.25) is 0 Å². The fourth-order valence-corrected chi connectivity index (χ4v) is 8.29. The number of ether oxygens (including phenoxy) is 1. The molecule has 0 aliphatic carbocycles. The van der Waals surface area contributed by atoms with Crippen LogP contribution in [0.1, 0.15) is 63.0 Å². The standard InChI is InChI=1S/C29H36ClF2N3O4S/c30-21-7-10-25(11-8-21)40(37,38)35-24(5-4-6-28(35)26-12-9-22(31)19-27(26)32)20-39-29(36)34-17-13-23(14-18-34)33-15-2-1-3-16-33/h7-12,19,23-24,28H,1-6,13-18,20H2/t24-,28+/m1/s1. The van der Waals surface area contributed by atoms with Crippen molar-refractivity contribution in [1.29, 1.82) is 0 Å². The van der Waals surface area contributed by atoms with E-state index in [2.05, 4.69) is 4.90 Å². The van der Waals surface area contributed by atoms with Crippen LogP contribution in [-0.4, -0.2) is 73.5 Å². The summed E-state index contributed by atoms with van der Waals surface area (Å²) in [6, 6.07) is 7.85. The van der Waals surface area contributed by atoms with E-state index in [9.17, 15) is 22.0 Å². The Hall–Kier alpha value is -2.27. The van der Waals surface area contributed by atoms with Crippen LogP contribution in [0.15, 0.2) is 47.4 Å². The number of likely N-dealkylation sites (tertiary alicyclic amines) is 2. The minimum Gasteiger partial charge on any atom is -0.448 e. The number of piperidine rings is 3. The third kappa shape index (κ3) is 6.45. The van der Waals surface area contributed by atoms with Gasteiger partial charge in [0.15, 0.2) is 0 Å². The Balaban J connectivity index is 1.32. The predicted octanol–water partition coefficient (Wildman–Crippen LogP) is 5.99. The van der Waals surface area contributed by atoms with Crippen LogP contribution in [0.5, 0.6) is 0 Å². The number of carbonyl (C=O) groups excluding carboxylic acids is 1. The molecule has 0 aromatic heterocycles. The summed E-state index contributed by atoms with van der Waals surface area (Å²) in [4.78, 5) is 17.3. The van der Waals surface area contributed by atoms with Crippen LogP contribution in [0.3, 0.4) is 0 Å². The van der Waals surface area contributed by atoms with Crippen LogP contribution in [0, 0.1) is 11.6 Å². The second kappa shape index (κ2) is 12.7. The SMILES string of the molecule is O=C(OC[C@H]1CCC[C@@H](c2ccc(F)cc2F)N1S(=O)(=O)c1ccc(Cl)cc1)N1CCC(N2CCCCC2)CC1. The Kier molecular flexibility index (Phi) is 9.29. The van der Waals surface area contributed by atoms with Crippen molar-refractivity contribution in [2.45, 2.75) is 74.4 Å². The smallest absolute Gasteiger partial charge is 0.409 e. The number of hydrogen-bond acceptors (Lipinski definition) is 5. The molecule has 0 spiro atoms. The summed E-state index contributed by atoms with van der Waals surface area (Å²) in [5.74, 6) is -1.55. The molecular weight excluding hydrogens is 560 g/mol. The molecule has 0 bridgehead atoms. The van der Waals surface area contributed by atoms with Crippen LogP contribution in [0.2, 0.25) is 5.02 Å². The normalized spacial score (nSPS) is 23.7. The molecule has 2 atom stereocenters. The van der Waals surface area contributed by atoms with Crippen LogP contribution in [0.25, 0.3) is 0 Å². The second-order valence-electron chi connectivity index (χ2n) is 10.9. The molecule has 3 aliphatic rings. The molecule has 0 saturated carbocycles. The van der Waals surface area contributed by atoms with E-state index in [1.54, 1.807) is 4.90 Å². The molecule has 218 valence electrons. The summed E-state index contributed by atoms with van der Waals surface area (Å²) in [5.41, 5.74) is 0.0924. The van der Waals surface area contributed by atoms with Crippen molar-refractivity contribution < 1.29 is 26.7 Å². The number of halogens is 3. The molecule has 3 aliphatic heterocycles. The molecule has 3 heterocycles. The molecular formula is C29H36ClF2N3O4S. The van der Waals surface area contributed by atoms with Gasteiger partial charge in [0.1, 0.15) is 18.2 Å². The minimum atomic E-state index is -4.14. The van der Waals surface area contributed by atoms with Crippen molar-refractivity contribution in [3.8, 4) is 0 Å². The molecule has 3 fully saturated rings.